The average Bonchev–Trinajstić information content (AvgIpc) is 2.48. The van der Waals surface area contributed by atoms with Crippen LogP contribution in [0.3, 0.4) is 0 Å². The SMILES string of the molecule is Cl.O=C(O)C(c1cccc2ccccc12)N1CCCCC1. The van der Waals surface area contributed by atoms with Crippen molar-refractivity contribution < 1.29 is 9.90 Å². The van der Waals surface area contributed by atoms with Crippen molar-refractivity contribution in [2.24, 2.45) is 0 Å². The number of piperidine rings is 1. The van der Waals surface area contributed by atoms with E-state index < -0.39 is 12.0 Å². The van der Waals surface area contributed by atoms with E-state index >= 15 is 0 Å². The van der Waals surface area contributed by atoms with Crippen molar-refractivity contribution in [3.63, 3.8) is 0 Å². The van der Waals surface area contributed by atoms with Crippen LogP contribution in [0.15, 0.2) is 42.5 Å². The van der Waals surface area contributed by atoms with Gasteiger partial charge in [-0.3, -0.25) is 9.69 Å². The largest absolute Gasteiger partial charge is 0.480 e. The van der Waals surface area contributed by atoms with Gasteiger partial charge in [-0.2, -0.15) is 0 Å². The van der Waals surface area contributed by atoms with Gasteiger partial charge < -0.3 is 5.11 Å². The molecule has 1 aliphatic heterocycles. The van der Waals surface area contributed by atoms with Gasteiger partial charge in [0.1, 0.15) is 6.04 Å². The van der Waals surface area contributed by atoms with Crippen molar-refractivity contribution in [1.82, 2.24) is 4.90 Å². The lowest BCUT2D eigenvalue weighted by atomic mass is 9.96. The highest BCUT2D eigenvalue weighted by Gasteiger charge is 2.29. The molecule has 1 unspecified atom stereocenters. The third kappa shape index (κ3) is 3.20. The Balaban J connectivity index is 0.00000161. The molecule has 0 radical (unpaired) electrons. The van der Waals surface area contributed by atoms with Gasteiger partial charge in [0.15, 0.2) is 0 Å². The van der Waals surface area contributed by atoms with Crippen molar-refractivity contribution in [1.29, 1.82) is 0 Å². The molecule has 2 aromatic rings. The summed E-state index contributed by atoms with van der Waals surface area (Å²) in [5, 5.41) is 11.9. The molecule has 0 bridgehead atoms. The molecule has 1 aliphatic rings. The second-order valence-electron chi connectivity index (χ2n) is 5.41. The average molecular weight is 306 g/mol. The molecule has 1 heterocycles. The van der Waals surface area contributed by atoms with Gasteiger partial charge in [-0.05, 0) is 42.3 Å². The second kappa shape index (κ2) is 6.92. The quantitative estimate of drug-likeness (QED) is 0.935. The Kier molecular flexibility index (Phi) is 5.21. The van der Waals surface area contributed by atoms with Crippen LogP contribution in [0.4, 0.5) is 0 Å². The van der Waals surface area contributed by atoms with Crippen LogP contribution >= 0.6 is 12.4 Å². The molecule has 4 heteroatoms. The normalized spacial score (nSPS) is 17.1. The standard InChI is InChI=1S/C17H19NO2.ClH/c19-17(20)16(18-11-4-1-5-12-18)15-10-6-8-13-7-2-3-9-14(13)15;/h2-3,6-10,16H,1,4-5,11-12H2,(H,19,20);1H. The number of carboxylic acids is 1. The van der Waals surface area contributed by atoms with Crippen LogP contribution < -0.4 is 0 Å². The number of hydrogen-bond acceptors (Lipinski definition) is 2. The number of halogens is 1. The van der Waals surface area contributed by atoms with Gasteiger partial charge >= 0.3 is 5.97 Å². The number of benzene rings is 2. The molecule has 0 amide bonds. The van der Waals surface area contributed by atoms with Crippen molar-refractivity contribution in [2.75, 3.05) is 13.1 Å². The molecule has 21 heavy (non-hydrogen) atoms. The van der Waals surface area contributed by atoms with E-state index in [-0.39, 0.29) is 12.4 Å². The molecular weight excluding hydrogens is 286 g/mol. The number of carboxylic acid groups (broad SMARTS) is 1. The molecule has 112 valence electrons. The van der Waals surface area contributed by atoms with E-state index in [0.717, 1.165) is 42.3 Å². The third-order valence-electron chi connectivity index (χ3n) is 4.11. The maximum atomic E-state index is 11.8. The number of carbonyl (C=O) groups is 1. The van der Waals surface area contributed by atoms with Crippen LogP contribution in [0.1, 0.15) is 30.9 Å². The zero-order valence-corrected chi connectivity index (χ0v) is 12.7. The fourth-order valence-corrected chi connectivity index (χ4v) is 3.15. The molecule has 0 aromatic heterocycles. The van der Waals surface area contributed by atoms with Crippen LogP contribution in [-0.4, -0.2) is 29.1 Å². The number of hydrogen-bond donors (Lipinski definition) is 1. The first-order valence-corrected chi connectivity index (χ1v) is 7.22. The van der Waals surface area contributed by atoms with E-state index in [4.69, 9.17) is 0 Å². The minimum absolute atomic E-state index is 0. The van der Waals surface area contributed by atoms with Gasteiger partial charge in [-0.1, -0.05) is 48.9 Å². The maximum absolute atomic E-state index is 11.8. The predicted octanol–water partition coefficient (Wildman–Crippen LogP) is 3.87. The topological polar surface area (TPSA) is 40.5 Å². The van der Waals surface area contributed by atoms with E-state index in [9.17, 15) is 9.90 Å². The molecule has 1 N–H and O–H groups in total. The summed E-state index contributed by atoms with van der Waals surface area (Å²) < 4.78 is 0. The molecular formula is C17H20ClNO2. The number of aliphatic carboxylic acids is 1. The molecule has 1 saturated heterocycles. The fraction of sp³-hybridized carbons (Fsp3) is 0.353. The van der Waals surface area contributed by atoms with Crippen molar-refractivity contribution in [3.8, 4) is 0 Å². The van der Waals surface area contributed by atoms with Crippen LogP contribution in [0.5, 0.6) is 0 Å². The van der Waals surface area contributed by atoms with Gasteiger partial charge in [0.25, 0.3) is 0 Å². The lowest BCUT2D eigenvalue weighted by molar-refractivity contribution is -0.144. The highest BCUT2D eigenvalue weighted by molar-refractivity contribution is 5.90. The van der Waals surface area contributed by atoms with Gasteiger partial charge in [-0.25, -0.2) is 0 Å². The van der Waals surface area contributed by atoms with Crippen LogP contribution in [0, 0.1) is 0 Å². The summed E-state index contributed by atoms with van der Waals surface area (Å²) in [6, 6.07) is 13.4. The minimum atomic E-state index is -0.747. The first-order valence-electron chi connectivity index (χ1n) is 7.22. The maximum Gasteiger partial charge on any atom is 0.325 e. The molecule has 3 nitrogen and oxygen atoms in total. The molecule has 1 fully saturated rings. The summed E-state index contributed by atoms with van der Waals surface area (Å²) in [6.45, 7) is 1.75. The predicted molar refractivity (Wildman–Crippen MR) is 87.0 cm³/mol. The van der Waals surface area contributed by atoms with Crippen LogP contribution in [-0.2, 0) is 4.79 Å². The first-order chi connectivity index (χ1) is 9.77. The highest BCUT2D eigenvalue weighted by atomic mass is 35.5. The van der Waals surface area contributed by atoms with Crippen molar-refractivity contribution >= 4 is 29.1 Å². The Labute approximate surface area is 131 Å². The Bertz CT molecular complexity index is 618. The Morgan fingerprint density at radius 2 is 1.67 bits per heavy atom. The summed E-state index contributed by atoms with van der Waals surface area (Å²) in [5.74, 6) is -0.747. The van der Waals surface area contributed by atoms with E-state index in [1.54, 1.807) is 0 Å². The van der Waals surface area contributed by atoms with E-state index in [0.29, 0.717) is 0 Å². The molecule has 0 aliphatic carbocycles. The first kappa shape index (κ1) is 15.8. The smallest absolute Gasteiger partial charge is 0.325 e. The number of likely N-dealkylation sites (tertiary alicyclic amines) is 1. The van der Waals surface area contributed by atoms with Crippen molar-refractivity contribution in [2.45, 2.75) is 25.3 Å². The molecule has 0 spiro atoms. The Hall–Kier alpha value is -1.58. The van der Waals surface area contributed by atoms with Gasteiger partial charge in [0, 0.05) is 0 Å². The van der Waals surface area contributed by atoms with E-state index in [1.807, 2.05) is 42.5 Å². The lowest BCUT2D eigenvalue weighted by Gasteiger charge is -2.32. The van der Waals surface area contributed by atoms with Gasteiger partial charge in [0.2, 0.25) is 0 Å². The number of fused-ring (bicyclic) bond motifs is 1. The monoisotopic (exact) mass is 305 g/mol. The van der Waals surface area contributed by atoms with Crippen molar-refractivity contribution in [3.05, 3.63) is 48.0 Å². The van der Waals surface area contributed by atoms with E-state index in [1.165, 1.54) is 6.42 Å². The zero-order chi connectivity index (χ0) is 13.9. The van der Waals surface area contributed by atoms with Gasteiger partial charge in [0.05, 0.1) is 0 Å². The molecule has 1 atom stereocenters. The fourth-order valence-electron chi connectivity index (χ4n) is 3.15. The second-order valence-corrected chi connectivity index (χ2v) is 5.41. The zero-order valence-electron chi connectivity index (χ0n) is 11.9. The third-order valence-corrected chi connectivity index (χ3v) is 4.11. The summed E-state index contributed by atoms with van der Waals surface area (Å²) in [7, 11) is 0. The highest BCUT2D eigenvalue weighted by Crippen LogP contribution is 2.30. The van der Waals surface area contributed by atoms with Crippen LogP contribution in [0.25, 0.3) is 10.8 Å². The number of nitrogens with zero attached hydrogens (tertiary/aromatic N) is 1. The molecule has 3 rings (SSSR count). The van der Waals surface area contributed by atoms with E-state index in [2.05, 4.69) is 4.90 Å². The van der Waals surface area contributed by atoms with Crippen LogP contribution in [0.2, 0.25) is 0 Å². The molecule has 0 saturated carbocycles. The molecule has 2 aromatic carbocycles. The lowest BCUT2D eigenvalue weighted by Crippen LogP contribution is -2.38. The number of rotatable bonds is 3. The minimum Gasteiger partial charge on any atom is -0.480 e. The Morgan fingerprint density at radius 3 is 2.38 bits per heavy atom. The Morgan fingerprint density at radius 1 is 1.00 bits per heavy atom. The summed E-state index contributed by atoms with van der Waals surface area (Å²) in [4.78, 5) is 13.9. The van der Waals surface area contributed by atoms with Gasteiger partial charge in [-0.15, -0.1) is 12.4 Å². The summed E-state index contributed by atoms with van der Waals surface area (Å²) in [6.07, 6.45) is 3.39. The summed E-state index contributed by atoms with van der Waals surface area (Å²) >= 11 is 0. The summed E-state index contributed by atoms with van der Waals surface area (Å²) in [5.41, 5.74) is 0.914.